The van der Waals surface area contributed by atoms with Crippen LogP contribution in [0.4, 0.5) is 5.82 Å². The van der Waals surface area contributed by atoms with Gasteiger partial charge in [0, 0.05) is 12.6 Å². The SMILES string of the molecule is C=C(NCc1ccc(C#N)cc1)c1cc(NC(=O)Cc2ccc3c(c2)OCO3)ncn1. The average molecular weight is 413 g/mol. The average Bonchev–Trinajstić information content (AvgIpc) is 3.26. The van der Waals surface area contributed by atoms with E-state index in [4.69, 9.17) is 14.7 Å². The minimum Gasteiger partial charge on any atom is -0.454 e. The van der Waals surface area contributed by atoms with E-state index in [1.807, 2.05) is 18.2 Å². The van der Waals surface area contributed by atoms with Crippen molar-refractivity contribution in [3.05, 3.63) is 83.8 Å². The molecule has 2 N–H and O–H groups in total. The molecule has 0 fully saturated rings. The first-order valence-electron chi connectivity index (χ1n) is 9.53. The van der Waals surface area contributed by atoms with Crippen molar-refractivity contribution < 1.29 is 14.3 Å². The predicted octanol–water partition coefficient (Wildman–Crippen LogP) is 3.02. The molecule has 1 aliphatic rings. The molecule has 2 aromatic carbocycles. The van der Waals surface area contributed by atoms with Crippen LogP contribution in [0.3, 0.4) is 0 Å². The summed E-state index contributed by atoms with van der Waals surface area (Å²) in [4.78, 5) is 20.7. The highest BCUT2D eigenvalue weighted by Crippen LogP contribution is 2.32. The zero-order valence-electron chi connectivity index (χ0n) is 16.6. The van der Waals surface area contributed by atoms with Gasteiger partial charge in [-0.15, -0.1) is 0 Å². The van der Waals surface area contributed by atoms with Crippen molar-refractivity contribution in [2.45, 2.75) is 13.0 Å². The third-order valence-electron chi connectivity index (χ3n) is 4.63. The summed E-state index contributed by atoms with van der Waals surface area (Å²) in [6.45, 7) is 4.72. The van der Waals surface area contributed by atoms with E-state index in [0.29, 0.717) is 40.8 Å². The van der Waals surface area contributed by atoms with E-state index in [1.165, 1.54) is 6.33 Å². The second-order valence-electron chi connectivity index (χ2n) is 6.84. The van der Waals surface area contributed by atoms with Gasteiger partial charge in [-0.3, -0.25) is 4.79 Å². The van der Waals surface area contributed by atoms with Gasteiger partial charge >= 0.3 is 0 Å². The van der Waals surface area contributed by atoms with E-state index in [-0.39, 0.29) is 19.1 Å². The van der Waals surface area contributed by atoms with Crippen LogP contribution in [0.5, 0.6) is 11.5 Å². The van der Waals surface area contributed by atoms with Crippen LogP contribution in [0, 0.1) is 11.3 Å². The molecule has 2 heterocycles. The van der Waals surface area contributed by atoms with Crippen molar-refractivity contribution in [2.75, 3.05) is 12.1 Å². The zero-order chi connectivity index (χ0) is 21.6. The summed E-state index contributed by atoms with van der Waals surface area (Å²) in [6, 6.07) is 16.4. The first-order valence-corrected chi connectivity index (χ1v) is 9.53. The predicted molar refractivity (Wildman–Crippen MR) is 114 cm³/mol. The van der Waals surface area contributed by atoms with E-state index in [9.17, 15) is 4.79 Å². The normalized spacial score (nSPS) is 11.5. The summed E-state index contributed by atoms with van der Waals surface area (Å²) in [6.07, 6.45) is 1.55. The van der Waals surface area contributed by atoms with Gasteiger partial charge in [0.25, 0.3) is 0 Å². The number of hydrogen-bond donors (Lipinski definition) is 2. The molecule has 0 unspecified atom stereocenters. The highest BCUT2D eigenvalue weighted by atomic mass is 16.7. The summed E-state index contributed by atoms with van der Waals surface area (Å²) >= 11 is 0. The second-order valence-corrected chi connectivity index (χ2v) is 6.84. The van der Waals surface area contributed by atoms with Gasteiger partial charge in [0.1, 0.15) is 12.1 Å². The van der Waals surface area contributed by atoms with Crippen molar-refractivity contribution in [1.82, 2.24) is 15.3 Å². The van der Waals surface area contributed by atoms with Crippen LogP contribution in [-0.4, -0.2) is 22.7 Å². The Morgan fingerprint density at radius 3 is 2.65 bits per heavy atom. The zero-order valence-corrected chi connectivity index (χ0v) is 16.6. The number of nitrogens with zero attached hydrogens (tertiary/aromatic N) is 3. The number of nitrogens with one attached hydrogen (secondary N) is 2. The maximum atomic E-state index is 12.4. The Morgan fingerprint density at radius 2 is 1.84 bits per heavy atom. The summed E-state index contributed by atoms with van der Waals surface area (Å²) < 4.78 is 10.6. The number of ether oxygens (including phenoxy) is 2. The number of aromatic nitrogens is 2. The summed E-state index contributed by atoms with van der Waals surface area (Å²) in [5.41, 5.74) is 3.59. The molecule has 3 aromatic rings. The molecule has 8 nitrogen and oxygen atoms in total. The van der Waals surface area contributed by atoms with E-state index >= 15 is 0 Å². The lowest BCUT2D eigenvalue weighted by Crippen LogP contribution is -2.16. The molecule has 1 amide bonds. The van der Waals surface area contributed by atoms with Crippen molar-refractivity contribution in [2.24, 2.45) is 0 Å². The molecule has 0 spiro atoms. The molecule has 31 heavy (non-hydrogen) atoms. The van der Waals surface area contributed by atoms with Crippen LogP contribution in [0.2, 0.25) is 0 Å². The largest absolute Gasteiger partial charge is 0.454 e. The van der Waals surface area contributed by atoms with Gasteiger partial charge in [0.2, 0.25) is 12.7 Å². The smallest absolute Gasteiger partial charge is 0.231 e. The molecule has 0 atom stereocenters. The number of hydrogen-bond acceptors (Lipinski definition) is 7. The minimum atomic E-state index is -0.209. The van der Waals surface area contributed by atoms with Gasteiger partial charge in [-0.25, -0.2) is 9.97 Å². The fraction of sp³-hybridized carbons (Fsp3) is 0.130. The molecule has 4 rings (SSSR count). The Morgan fingerprint density at radius 1 is 1.06 bits per heavy atom. The number of anilines is 1. The molecule has 0 saturated heterocycles. The molecule has 154 valence electrons. The summed E-state index contributed by atoms with van der Waals surface area (Å²) in [5, 5.41) is 14.8. The van der Waals surface area contributed by atoms with Crippen LogP contribution in [0.15, 0.2) is 61.4 Å². The van der Waals surface area contributed by atoms with Gasteiger partial charge in [-0.1, -0.05) is 24.8 Å². The van der Waals surface area contributed by atoms with Crippen LogP contribution in [-0.2, 0) is 17.8 Å². The molecule has 1 aromatic heterocycles. The monoisotopic (exact) mass is 413 g/mol. The van der Waals surface area contributed by atoms with Crippen LogP contribution >= 0.6 is 0 Å². The van der Waals surface area contributed by atoms with Crippen LogP contribution in [0.25, 0.3) is 5.70 Å². The first-order chi connectivity index (χ1) is 15.1. The minimum absolute atomic E-state index is 0.174. The Labute approximate surface area is 179 Å². The fourth-order valence-electron chi connectivity index (χ4n) is 3.01. The van der Waals surface area contributed by atoms with Gasteiger partial charge < -0.3 is 20.1 Å². The van der Waals surface area contributed by atoms with E-state index in [2.05, 4.69) is 33.2 Å². The molecule has 0 bridgehead atoms. The van der Waals surface area contributed by atoms with E-state index < -0.39 is 0 Å². The molecular formula is C23H19N5O3. The number of benzene rings is 2. The maximum Gasteiger partial charge on any atom is 0.231 e. The number of carbonyl (C=O) groups excluding carboxylic acids is 1. The Bertz CT molecular complexity index is 1170. The van der Waals surface area contributed by atoms with Crippen LogP contribution < -0.4 is 20.1 Å². The molecule has 8 heteroatoms. The lowest BCUT2D eigenvalue weighted by atomic mass is 10.1. The topological polar surface area (TPSA) is 109 Å². The Kier molecular flexibility index (Phi) is 5.76. The maximum absolute atomic E-state index is 12.4. The number of rotatable bonds is 7. The molecule has 0 saturated carbocycles. The quantitative estimate of drug-likeness (QED) is 0.613. The van der Waals surface area contributed by atoms with Crippen molar-refractivity contribution in [3.8, 4) is 17.6 Å². The third-order valence-corrected chi connectivity index (χ3v) is 4.63. The van der Waals surface area contributed by atoms with E-state index in [0.717, 1.165) is 11.1 Å². The number of carbonyl (C=O) groups is 1. The lowest BCUT2D eigenvalue weighted by molar-refractivity contribution is -0.115. The second kappa shape index (κ2) is 8.97. The summed E-state index contributed by atoms with van der Waals surface area (Å²) in [7, 11) is 0. The van der Waals surface area contributed by atoms with Crippen LogP contribution in [0.1, 0.15) is 22.4 Å². The fourth-order valence-corrected chi connectivity index (χ4v) is 3.01. The third kappa shape index (κ3) is 4.97. The van der Waals surface area contributed by atoms with Gasteiger partial charge in [-0.2, -0.15) is 5.26 Å². The highest BCUT2D eigenvalue weighted by molar-refractivity contribution is 5.91. The molecular weight excluding hydrogens is 394 g/mol. The van der Waals surface area contributed by atoms with Crippen molar-refractivity contribution in [3.63, 3.8) is 0 Å². The Balaban J connectivity index is 1.34. The molecule has 0 aliphatic carbocycles. The highest BCUT2D eigenvalue weighted by Gasteiger charge is 2.15. The number of amides is 1. The number of fused-ring (bicyclic) bond motifs is 1. The first kappa shape index (κ1) is 19.9. The number of nitriles is 1. The van der Waals surface area contributed by atoms with Crippen molar-refractivity contribution in [1.29, 1.82) is 5.26 Å². The molecule has 0 radical (unpaired) electrons. The van der Waals surface area contributed by atoms with E-state index in [1.54, 1.807) is 30.3 Å². The van der Waals surface area contributed by atoms with Gasteiger partial charge in [0.05, 0.1) is 29.4 Å². The lowest BCUT2D eigenvalue weighted by Gasteiger charge is -2.11. The Hall–Kier alpha value is -4.38. The van der Waals surface area contributed by atoms with Gasteiger partial charge in [-0.05, 0) is 35.4 Å². The molecule has 1 aliphatic heterocycles. The van der Waals surface area contributed by atoms with Crippen molar-refractivity contribution >= 4 is 17.4 Å². The summed E-state index contributed by atoms with van der Waals surface area (Å²) in [5.74, 6) is 1.49. The standard InChI is InChI=1S/C23H19N5O3/c1-15(25-12-17-4-2-16(11-24)3-5-17)19-10-22(27-13-26-19)28-23(29)9-18-6-7-20-21(8-18)31-14-30-20/h2-8,10,13,25H,1,9,12,14H2,(H,26,27,28,29). The van der Waals surface area contributed by atoms with Gasteiger partial charge in [0.15, 0.2) is 11.5 Å².